The van der Waals surface area contributed by atoms with Crippen LogP contribution in [0.4, 0.5) is 5.69 Å². The number of benzene rings is 1. The Morgan fingerprint density at radius 2 is 2.25 bits per heavy atom. The fourth-order valence-corrected chi connectivity index (χ4v) is 2.28. The van der Waals surface area contributed by atoms with Crippen LogP contribution in [0.5, 0.6) is 0 Å². The number of non-ortho nitro benzene ring substituents is 1. The molecule has 0 saturated heterocycles. The van der Waals surface area contributed by atoms with Crippen LogP contribution in [-0.4, -0.2) is 17.0 Å². The van der Waals surface area contributed by atoms with E-state index in [-0.39, 0.29) is 11.3 Å². The van der Waals surface area contributed by atoms with Crippen LogP contribution in [-0.2, 0) is 0 Å². The normalized spacial score (nSPS) is 10.7. The number of aryl methyl sites for hydroxylation is 1. The number of hydrazone groups is 1. The summed E-state index contributed by atoms with van der Waals surface area (Å²) in [7, 11) is 0. The molecule has 1 amide bonds. The number of rotatable bonds is 4. The molecule has 6 nitrogen and oxygen atoms in total. The van der Waals surface area contributed by atoms with Crippen molar-refractivity contribution in [2.75, 3.05) is 0 Å². The molecule has 0 aliphatic carbocycles. The van der Waals surface area contributed by atoms with Gasteiger partial charge in [-0.15, -0.1) is 11.3 Å². The second kappa shape index (κ2) is 6.07. The Balaban J connectivity index is 2.05. The zero-order valence-electron chi connectivity index (χ0n) is 10.6. The highest BCUT2D eigenvalue weighted by Gasteiger charge is 2.10. The molecule has 0 aliphatic heterocycles. The minimum atomic E-state index is -0.547. The summed E-state index contributed by atoms with van der Waals surface area (Å²) in [5.41, 5.74) is 3.48. The Hall–Kier alpha value is -2.54. The molecule has 1 heterocycles. The molecule has 0 radical (unpaired) electrons. The number of carbonyl (C=O) groups is 1. The zero-order valence-corrected chi connectivity index (χ0v) is 11.4. The molecule has 0 spiro atoms. The Labute approximate surface area is 118 Å². The van der Waals surface area contributed by atoms with Gasteiger partial charge in [0.15, 0.2) is 0 Å². The molecular formula is C13H11N3O3S. The molecule has 0 unspecified atom stereocenters. The smallest absolute Gasteiger partial charge is 0.267 e. The molecule has 1 aromatic carbocycles. The van der Waals surface area contributed by atoms with Gasteiger partial charge in [-0.25, -0.2) is 5.43 Å². The van der Waals surface area contributed by atoms with Gasteiger partial charge in [-0.1, -0.05) is 6.07 Å². The highest BCUT2D eigenvalue weighted by Crippen LogP contribution is 2.13. The summed E-state index contributed by atoms with van der Waals surface area (Å²) in [5, 5.41) is 16.4. The molecule has 0 atom stereocenters. The van der Waals surface area contributed by atoms with Gasteiger partial charge < -0.3 is 0 Å². The first-order chi connectivity index (χ1) is 9.58. The lowest BCUT2D eigenvalue weighted by Crippen LogP contribution is -2.17. The van der Waals surface area contributed by atoms with Crippen LogP contribution in [0.1, 0.15) is 20.8 Å². The maximum Gasteiger partial charge on any atom is 0.271 e. The molecule has 0 aliphatic rings. The first kappa shape index (κ1) is 13.9. The third-order valence-corrected chi connectivity index (χ3v) is 3.52. The van der Waals surface area contributed by atoms with Gasteiger partial charge in [0.2, 0.25) is 0 Å². The van der Waals surface area contributed by atoms with Crippen molar-refractivity contribution in [2.24, 2.45) is 5.10 Å². The van der Waals surface area contributed by atoms with Crippen LogP contribution in [0.15, 0.2) is 40.8 Å². The average molecular weight is 289 g/mol. The Kier molecular flexibility index (Phi) is 4.21. The highest BCUT2D eigenvalue weighted by molar-refractivity contribution is 7.11. The monoisotopic (exact) mass is 289 g/mol. The quantitative estimate of drug-likeness (QED) is 0.533. The van der Waals surface area contributed by atoms with E-state index in [1.807, 2.05) is 18.4 Å². The number of nitrogens with zero attached hydrogens (tertiary/aromatic N) is 2. The lowest BCUT2D eigenvalue weighted by atomic mass is 10.2. The second-order valence-corrected chi connectivity index (χ2v) is 4.92. The Bertz CT molecular complexity index is 679. The van der Waals surface area contributed by atoms with E-state index in [2.05, 4.69) is 10.5 Å². The van der Waals surface area contributed by atoms with E-state index in [0.717, 1.165) is 10.4 Å². The molecule has 20 heavy (non-hydrogen) atoms. The van der Waals surface area contributed by atoms with Crippen molar-refractivity contribution in [3.05, 3.63) is 61.8 Å². The van der Waals surface area contributed by atoms with Gasteiger partial charge in [0.05, 0.1) is 11.1 Å². The van der Waals surface area contributed by atoms with Crippen LogP contribution in [0.2, 0.25) is 0 Å². The van der Waals surface area contributed by atoms with Crippen molar-refractivity contribution in [3.8, 4) is 0 Å². The number of nitro groups is 1. The van der Waals surface area contributed by atoms with Gasteiger partial charge in [0, 0.05) is 22.6 Å². The molecule has 102 valence electrons. The summed E-state index contributed by atoms with van der Waals surface area (Å²) in [5.74, 6) is -0.487. The van der Waals surface area contributed by atoms with Crippen LogP contribution < -0.4 is 5.43 Å². The Morgan fingerprint density at radius 3 is 2.90 bits per heavy atom. The fourth-order valence-electron chi connectivity index (χ4n) is 1.49. The first-order valence-corrected chi connectivity index (χ1v) is 6.58. The van der Waals surface area contributed by atoms with E-state index in [0.29, 0.717) is 0 Å². The largest absolute Gasteiger partial charge is 0.271 e. The topological polar surface area (TPSA) is 84.6 Å². The predicted octanol–water partition coefficient (Wildman–Crippen LogP) is 2.73. The molecular weight excluding hydrogens is 278 g/mol. The van der Waals surface area contributed by atoms with Gasteiger partial charge in [-0.2, -0.15) is 5.10 Å². The summed E-state index contributed by atoms with van der Waals surface area (Å²) >= 11 is 1.51. The molecule has 1 N–H and O–H groups in total. The maximum atomic E-state index is 11.8. The standard InChI is InChI=1S/C13H11N3O3S/c1-9-5-6-20-12(9)8-14-15-13(17)10-3-2-4-11(7-10)16(18)19/h2-8H,1H3,(H,15,17)/b14-8-. The molecule has 0 bridgehead atoms. The van der Waals surface area contributed by atoms with Crippen LogP contribution in [0.25, 0.3) is 0 Å². The molecule has 2 aromatic rings. The maximum absolute atomic E-state index is 11.8. The number of nitrogens with one attached hydrogen (secondary N) is 1. The van der Waals surface area contributed by atoms with Crippen molar-refractivity contribution >= 4 is 29.1 Å². The minimum Gasteiger partial charge on any atom is -0.267 e. The summed E-state index contributed by atoms with van der Waals surface area (Å²) in [4.78, 5) is 22.8. The van der Waals surface area contributed by atoms with E-state index in [1.54, 1.807) is 6.21 Å². The van der Waals surface area contributed by atoms with Gasteiger partial charge >= 0.3 is 0 Å². The second-order valence-electron chi connectivity index (χ2n) is 3.97. The third kappa shape index (κ3) is 3.27. The van der Waals surface area contributed by atoms with Gasteiger partial charge in [-0.05, 0) is 30.0 Å². The van der Waals surface area contributed by atoms with Crippen LogP contribution in [0, 0.1) is 17.0 Å². The van der Waals surface area contributed by atoms with Crippen molar-refractivity contribution < 1.29 is 9.72 Å². The highest BCUT2D eigenvalue weighted by atomic mass is 32.1. The number of hydrogen-bond donors (Lipinski definition) is 1. The predicted molar refractivity (Wildman–Crippen MR) is 77.2 cm³/mol. The third-order valence-electron chi connectivity index (χ3n) is 2.57. The Morgan fingerprint density at radius 1 is 1.45 bits per heavy atom. The molecule has 0 fully saturated rings. The van der Waals surface area contributed by atoms with Gasteiger partial charge in [0.1, 0.15) is 0 Å². The molecule has 2 rings (SSSR count). The summed E-state index contributed by atoms with van der Waals surface area (Å²) in [6.45, 7) is 1.94. The van der Waals surface area contributed by atoms with E-state index in [9.17, 15) is 14.9 Å². The van der Waals surface area contributed by atoms with E-state index < -0.39 is 10.8 Å². The van der Waals surface area contributed by atoms with Crippen molar-refractivity contribution in [3.63, 3.8) is 0 Å². The number of nitro benzene ring substituents is 1. The lowest BCUT2D eigenvalue weighted by molar-refractivity contribution is -0.384. The lowest BCUT2D eigenvalue weighted by Gasteiger charge is -1.99. The summed E-state index contributed by atoms with van der Waals surface area (Å²) in [6.07, 6.45) is 1.55. The summed E-state index contributed by atoms with van der Waals surface area (Å²) < 4.78 is 0. The average Bonchev–Trinajstić information content (AvgIpc) is 2.84. The number of amides is 1. The van der Waals surface area contributed by atoms with Crippen molar-refractivity contribution in [1.29, 1.82) is 0 Å². The molecule has 7 heteroatoms. The van der Waals surface area contributed by atoms with Gasteiger partial charge in [0.25, 0.3) is 11.6 Å². The van der Waals surface area contributed by atoms with E-state index in [4.69, 9.17) is 0 Å². The zero-order chi connectivity index (χ0) is 14.5. The number of carbonyl (C=O) groups excluding carboxylic acids is 1. The minimum absolute atomic E-state index is 0.129. The van der Waals surface area contributed by atoms with Gasteiger partial charge in [-0.3, -0.25) is 14.9 Å². The van der Waals surface area contributed by atoms with Crippen molar-refractivity contribution in [2.45, 2.75) is 6.92 Å². The van der Waals surface area contributed by atoms with Crippen LogP contribution >= 0.6 is 11.3 Å². The van der Waals surface area contributed by atoms with E-state index >= 15 is 0 Å². The van der Waals surface area contributed by atoms with Crippen LogP contribution in [0.3, 0.4) is 0 Å². The van der Waals surface area contributed by atoms with E-state index in [1.165, 1.54) is 35.6 Å². The number of thiophene rings is 1. The first-order valence-electron chi connectivity index (χ1n) is 5.70. The fraction of sp³-hybridized carbons (Fsp3) is 0.0769. The SMILES string of the molecule is Cc1ccsc1/C=N\NC(=O)c1cccc([N+](=O)[O-])c1. The van der Waals surface area contributed by atoms with Crippen molar-refractivity contribution in [1.82, 2.24) is 5.43 Å². The summed E-state index contributed by atoms with van der Waals surface area (Å²) in [6, 6.07) is 7.44. The number of hydrogen-bond acceptors (Lipinski definition) is 5. The molecule has 1 aromatic heterocycles. The molecule has 0 saturated carbocycles.